The average molecular weight is 359 g/mol. The van der Waals surface area contributed by atoms with Crippen LogP contribution in [0.25, 0.3) is 0 Å². The first kappa shape index (κ1) is 15.0. The molecule has 4 heteroatoms. The molecule has 0 saturated heterocycles. The normalized spacial score (nSPS) is 12.9. The van der Waals surface area contributed by atoms with Crippen molar-refractivity contribution in [1.82, 2.24) is 5.32 Å². The highest BCUT2D eigenvalue weighted by Gasteiger charge is 2.15. The Morgan fingerprint density at radius 1 is 1.26 bits per heavy atom. The van der Waals surface area contributed by atoms with Crippen LogP contribution < -0.4 is 5.32 Å². The lowest BCUT2D eigenvalue weighted by atomic mass is 9.96. The first-order valence-electron chi connectivity index (χ1n) is 6.28. The summed E-state index contributed by atoms with van der Waals surface area (Å²) in [7, 11) is 0. The van der Waals surface area contributed by atoms with Crippen LogP contribution in [0, 0.1) is 5.92 Å². The van der Waals surface area contributed by atoms with Crippen molar-refractivity contribution in [3.8, 4) is 0 Å². The van der Waals surface area contributed by atoms with Crippen LogP contribution >= 0.6 is 38.9 Å². The predicted molar refractivity (Wildman–Crippen MR) is 87.9 cm³/mol. The summed E-state index contributed by atoms with van der Waals surface area (Å²) >= 11 is 11.2. The number of rotatable bonds is 5. The molecule has 1 unspecified atom stereocenters. The Hall–Kier alpha value is -0.350. The Morgan fingerprint density at radius 3 is 2.47 bits per heavy atom. The summed E-state index contributed by atoms with van der Waals surface area (Å²) in [5.41, 5.74) is 1.29. The third-order valence-electron chi connectivity index (χ3n) is 3.01. The smallest absolute Gasteiger partial charge is 0.0406 e. The standard InChI is InChI=1S/C15H17BrClNS/c1-10(2)15(11-3-5-13(17)6-4-11)18-8-14-7-12(16)9-19-14/h3-7,9-10,15,18H,8H2,1-2H3. The van der Waals surface area contributed by atoms with Gasteiger partial charge in [0.25, 0.3) is 0 Å². The van der Waals surface area contributed by atoms with E-state index in [-0.39, 0.29) is 0 Å². The lowest BCUT2D eigenvalue weighted by Gasteiger charge is -2.22. The van der Waals surface area contributed by atoms with E-state index in [1.54, 1.807) is 11.3 Å². The highest BCUT2D eigenvalue weighted by molar-refractivity contribution is 9.10. The van der Waals surface area contributed by atoms with Gasteiger partial charge < -0.3 is 5.32 Å². The van der Waals surface area contributed by atoms with E-state index in [1.165, 1.54) is 10.4 Å². The van der Waals surface area contributed by atoms with Crippen LogP contribution in [0.4, 0.5) is 0 Å². The fourth-order valence-corrected chi connectivity index (χ4v) is 3.59. The van der Waals surface area contributed by atoms with Crippen molar-refractivity contribution in [3.05, 3.63) is 55.6 Å². The molecular formula is C15H17BrClNS. The molecular weight excluding hydrogens is 342 g/mol. The maximum absolute atomic E-state index is 5.95. The molecule has 0 saturated carbocycles. The zero-order chi connectivity index (χ0) is 13.8. The average Bonchev–Trinajstić information content (AvgIpc) is 2.77. The SMILES string of the molecule is CC(C)C(NCc1cc(Br)cs1)c1ccc(Cl)cc1. The van der Waals surface area contributed by atoms with Crippen molar-refractivity contribution < 1.29 is 0 Å². The second-order valence-corrected chi connectivity index (χ2v) is 7.23. The number of hydrogen-bond donors (Lipinski definition) is 1. The van der Waals surface area contributed by atoms with E-state index in [0.717, 1.165) is 16.0 Å². The first-order chi connectivity index (χ1) is 9.06. The van der Waals surface area contributed by atoms with E-state index in [9.17, 15) is 0 Å². The molecule has 2 aromatic rings. The second-order valence-electron chi connectivity index (χ2n) is 4.89. The van der Waals surface area contributed by atoms with Crippen LogP contribution in [0.5, 0.6) is 0 Å². The van der Waals surface area contributed by atoms with Crippen LogP contribution in [-0.2, 0) is 6.54 Å². The number of halogens is 2. The Morgan fingerprint density at radius 2 is 1.95 bits per heavy atom. The fourth-order valence-electron chi connectivity index (χ4n) is 2.07. The van der Waals surface area contributed by atoms with E-state index >= 15 is 0 Å². The van der Waals surface area contributed by atoms with Crippen molar-refractivity contribution >= 4 is 38.9 Å². The lowest BCUT2D eigenvalue weighted by molar-refractivity contribution is 0.412. The topological polar surface area (TPSA) is 12.0 Å². The van der Waals surface area contributed by atoms with Crippen LogP contribution in [0.3, 0.4) is 0 Å². The van der Waals surface area contributed by atoms with Crippen LogP contribution in [-0.4, -0.2) is 0 Å². The van der Waals surface area contributed by atoms with E-state index in [0.29, 0.717) is 12.0 Å². The first-order valence-corrected chi connectivity index (χ1v) is 8.33. The minimum absolute atomic E-state index is 0.346. The number of thiophene rings is 1. The van der Waals surface area contributed by atoms with Crippen molar-refractivity contribution in [2.24, 2.45) is 5.92 Å². The minimum Gasteiger partial charge on any atom is -0.305 e. The maximum Gasteiger partial charge on any atom is 0.0406 e. The molecule has 1 atom stereocenters. The highest BCUT2D eigenvalue weighted by atomic mass is 79.9. The van der Waals surface area contributed by atoms with E-state index < -0.39 is 0 Å². The molecule has 0 fully saturated rings. The molecule has 0 aliphatic heterocycles. The molecule has 1 aromatic heterocycles. The zero-order valence-electron chi connectivity index (χ0n) is 11.0. The molecule has 2 rings (SSSR count). The summed E-state index contributed by atoms with van der Waals surface area (Å²) < 4.78 is 1.15. The third-order valence-corrected chi connectivity index (χ3v) is 4.96. The Bertz CT molecular complexity index is 521. The van der Waals surface area contributed by atoms with E-state index in [2.05, 4.69) is 58.7 Å². The molecule has 0 spiro atoms. The molecule has 0 aliphatic carbocycles. The second kappa shape index (κ2) is 6.89. The number of benzene rings is 1. The molecule has 102 valence electrons. The minimum atomic E-state index is 0.346. The third kappa shape index (κ3) is 4.32. The van der Waals surface area contributed by atoms with Crippen molar-refractivity contribution in [2.75, 3.05) is 0 Å². The van der Waals surface area contributed by atoms with Crippen LogP contribution in [0.2, 0.25) is 5.02 Å². The predicted octanol–water partition coefficient (Wildman–Crippen LogP) is 5.65. The van der Waals surface area contributed by atoms with Crippen molar-refractivity contribution in [2.45, 2.75) is 26.4 Å². The van der Waals surface area contributed by atoms with Crippen molar-refractivity contribution in [3.63, 3.8) is 0 Å². The van der Waals surface area contributed by atoms with E-state index in [4.69, 9.17) is 11.6 Å². The molecule has 1 N–H and O–H groups in total. The van der Waals surface area contributed by atoms with E-state index in [1.807, 2.05) is 12.1 Å². The van der Waals surface area contributed by atoms with Crippen molar-refractivity contribution in [1.29, 1.82) is 0 Å². The van der Waals surface area contributed by atoms with Gasteiger partial charge in [0.1, 0.15) is 0 Å². The van der Waals surface area contributed by atoms with Gasteiger partial charge in [-0.3, -0.25) is 0 Å². The summed E-state index contributed by atoms with van der Waals surface area (Å²) in [4.78, 5) is 1.34. The summed E-state index contributed by atoms with van der Waals surface area (Å²) in [6.45, 7) is 5.36. The van der Waals surface area contributed by atoms with Gasteiger partial charge in [0.2, 0.25) is 0 Å². The van der Waals surface area contributed by atoms with Gasteiger partial charge in [-0.2, -0.15) is 0 Å². The monoisotopic (exact) mass is 357 g/mol. The van der Waals surface area contributed by atoms with Gasteiger partial charge in [-0.15, -0.1) is 11.3 Å². The van der Waals surface area contributed by atoms with Crippen LogP contribution in [0.15, 0.2) is 40.2 Å². The molecule has 0 bridgehead atoms. The number of nitrogens with one attached hydrogen (secondary N) is 1. The molecule has 0 radical (unpaired) electrons. The fraction of sp³-hybridized carbons (Fsp3) is 0.333. The van der Waals surface area contributed by atoms with Gasteiger partial charge >= 0.3 is 0 Å². The molecule has 1 heterocycles. The summed E-state index contributed by atoms with van der Waals surface area (Å²) in [5, 5.41) is 6.53. The Balaban J connectivity index is 2.06. The van der Waals surface area contributed by atoms with Gasteiger partial charge in [-0.05, 0) is 45.6 Å². The largest absolute Gasteiger partial charge is 0.305 e. The molecule has 0 amide bonds. The van der Waals surface area contributed by atoms with Gasteiger partial charge in [0.05, 0.1) is 0 Å². The molecule has 1 aromatic carbocycles. The molecule has 19 heavy (non-hydrogen) atoms. The van der Waals surface area contributed by atoms with Gasteiger partial charge in [-0.1, -0.05) is 37.6 Å². The van der Waals surface area contributed by atoms with Gasteiger partial charge in [0.15, 0.2) is 0 Å². The Kier molecular flexibility index (Phi) is 5.46. The zero-order valence-corrected chi connectivity index (χ0v) is 14.1. The van der Waals surface area contributed by atoms with Gasteiger partial charge in [-0.25, -0.2) is 0 Å². The maximum atomic E-state index is 5.95. The summed E-state index contributed by atoms with van der Waals surface area (Å²) in [5.74, 6) is 0.532. The molecule has 0 aliphatic rings. The summed E-state index contributed by atoms with van der Waals surface area (Å²) in [6.07, 6.45) is 0. The van der Waals surface area contributed by atoms with Gasteiger partial charge in [0, 0.05) is 32.3 Å². The van der Waals surface area contributed by atoms with Crippen LogP contribution in [0.1, 0.15) is 30.3 Å². The number of hydrogen-bond acceptors (Lipinski definition) is 2. The lowest BCUT2D eigenvalue weighted by Crippen LogP contribution is -2.24. The highest BCUT2D eigenvalue weighted by Crippen LogP contribution is 2.25. The molecule has 1 nitrogen and oxygen atoms in total. The summed E-state index contributed by atoms with van der Waals surface area (Å²) in [6, 6.07) is 10.6. The quantitative estimate of drug-likeness (QED) is 0.728. The Labute approximate surface area is 132 Å².